The van der Waals surface area contributed by atoms with Gasteiger partial charge in [-0.25, -0.2) is 0 Å². The van der Waals surface area contributed by atoms with Crippen molar-refractivity contribution in [2.24, 2.45) is 0 Å². The van der Waals surface area contributed by atoms with Crippen LogP contribution in [0.25, 0.3) is 0 Å². The van der Waals surface area contributed by atoms with Gasteiger partial charge < -0.3 is 15.4 Å². The van der Waals surface area contributed by atoms with Crippen molar-refractivity contribution in [3.63, 3.8) is 0 Å². The van der Waals surface area contributed by atoms with E-state index in [9.17, 15) is 31.1 Å². The summed E-state index contributed by atoms with van der Waals surface area (Å²) in [5, 5.41) is 2.55. The summed E-state index contributed by atoms with van der Waals surface area (Å²) in [6.45, 7) is 1.60. The van der Waals surface area contributed by atoms with E-state index in [1.54, 1.807) is 6.92 Å². The number of alkyl halides is 6. The van der Waals surface area contributed by atoms with E-state index in [2.05, 4.69) is 0 Å². The van der Waals surface area contributed by atoms with E-state index in [0.29, 0.717) is 0 Å². The van der Waals surface area contributed by atoms with Gasteiger partial charge in [0.2, 0.25) is 0 Å². The quantitative estimate of drug-likeness (QED) is 0.467. The number of benzene rings is 2. The Morgan fingerprint density at radius 1 is 0.966 bits per heavy atom. The normalized spacial score (nSPS) is 12.4. The summed E-state index contributed by atoms with van der Waals surface area (Å²) in [4.78, 5) is 12.4. The van der Waals surface area contributed by atoms with Crippen LogP contribution in [0.4, 0.5) is 32.0 Å². The summed E-state index contributed by atoms with van der Waals surface area (Å²) in [6, 6.07) is 9.08. The third kappa shape index (κ3) is 4.87. The molecule has 29 heavy (non-hydrogen) atoms. The number of para-hydroxylation sites is 1. The van der Waals surface area contributed by atoms with E-state index >= 15 is 0 Å². The molecule has 0 bridgehead atoms. The fraction of sp³-hybridized carbons (Fsp3) is 0.278. The molecule has 0 radical (unpaired) electrons. The van der Waals surface area contributed by atoms with Crippen molar-refractivity contribution in [3.05, 3.63) is 59.1 Å². The molecule has 2 rings (SSSR count). The number of ether oxygens (including phenoxy) is 1. The van der Waals surface area contributed by atoms with Gasteiger partial charge in [-0.2, -0.15) is 26.3 Å². The van der Waals surface area contributed by atoms with Crippen molar-refractivity contribution >= 4 is 23.2 Å². The summed E-state index contributed by atoms with van der Waals surface area (Å²) in [6.07, 6.45) is -11.9. The van der Waals surface area contributed by atoms with Crippen LogP contribution in [0.3, 0.4) is 0 Å². The molecule has 158 valence electrons. The molecule has 0 aromatic heterocycles. The molecule has 0 spiro atoms. The van der Waals surface area contributed by atoms with Crippen molar-refractivity contribution < 1.29 is 35.9 Å². The van der Waals surface area contributed by atoms with E-state index < -0.39 is 35.2 Å². The Kier molecular flexibility index (Phi) is 6.56. The van der Waals surface area contributed by atoms with Crippen LogP contribution in [0.15, 0.2) is 48.5 Å². The predicted molar refractivity (Wildman–Crippen MR) is 95.0 cm³/mol. The second-order valence-electron chi connectivity index (χ2n) is 5.76. The third-order valence-electron chi connectivity index (χ3n) is 3.76. The second kappa shape index (κ2) is 8.40. The molecule has 2 N–H and O–H groups in total. The molecule has 0 heterocycles. The Balaban J connectivity index is 2.53. The number of hydrogen-bond donors (Lipinski definition) is 2. The maximum atomic E-state index is 13.7. The van der Waals surface area contributed by atoms with E-state index in [4.69, 9.17) is 16.3 Å². The van der Waals surface area contributed by atoms with Crippen LogP contribution in [0, 0.1) is 0 Å². The van der Waals surface area contributed by atoms with Crippen LogP contribution >= 0.6 is 11.6 Å². The lowest BCUT2D eigenvalue weighted by Crippen LogP contribution is -2.72. The molecule has 0 aliphatic rings. The lowest BCUT2D eigenvalue weighted by atomic mass is 10.1. The fourth-order valence-electron chi connectivity index (χ4n) is 2.40. The molecule has 0 atom stereocenters. The average Bonchev–Trinajstić information content (AvgIpc) is 2.61. The number of carbonyl (C=O) groups is 1. The van der Waals surface area contributed by atoms with Crippen molar-refractivity contribution in [1.29, 1.82) is 0 Å². The number of amides is 1. The topological polar surface area (TPSA) is 50.4 Å². The standard InChI is InChI=1S/C18H15ClF6N2O2/c1-2-29-14-6-4-3-5-13(14)15(28)27-16(17(20,21)22,18(23,24)25)26-12-9-7-11(19)8-10-12/h3-10,26H,2H2,1H3,(H,27,28). The number of halogens is 7. The first-order chi connectivity index (χ1) is 13.4. The van der Waals surface area contributed by atoms with Gasteiger partial charge >= 0.3 is 18.0 Å². The maximum absolute atomic E-state index is 13.7. The van der Waals surface area contributed by atoms with Gasteiger partial charge in [-0.05, 0) is 43.3 Å². The number of nitrogens with one attached hydrogen (secondary N) is 2. The fourth-order valence-corrected chi connectivity index (χ4v) is 2.52. The molecule has 11 heteroatoms. The average molecular weight is 441 g/mol. The molecule has 2 aromatic rings. The molecule has 0 saturated heterocycles. The van der Waals surface area contributed by atoms with Gasteiger partial charge in [-0.15, -0.1) is 0 Å². The first-order valence-electron chi connectivity index (χ1n) is 8.13. The van der Waals surface area contributed by atoms with Crippen molar-refractivity contribution in [3.8, 4) is 5.75 Å². The van der Waals surface area contributed by atoms with Crippen LogP contribution in [0.2, 0.25) is 5.02 Å². The van der Waals surface area contributed by atoms with Gasteiger partial charge in [0.05, 0.1) is 12.2 Å². The Hall–Kier alpha value is -2.62. The minimum Gasteiger partial charge on any atom is -0.493 e. The second-order valence-corrected chi connectivity index (χ2v) is 6.20. The summed E-state index contributed by atoms with van der Waals surface area (Å²) >= 11 is 5.62. The Morgan fingerprint density at radius 3 is 2.03 bits per heavy atom. The van der Waals surface area contributed by atoms with Gasteiger partial charge in [0.25, 0.3) is 5.91 Å². The number of rotatable bonds is 6. The van der Waals surface area contributed by atoms with Gasteiger partial charge in [-0.3, -0.25) is 4.79 Å². The van der Waals surface area contributed by atoms with Crippen LogP contribution in [-0.2, 0) is 0 Å². The molecule has 2 aromatic carbocycles. The summed E-state index contributed by atoms with van der Waals surface area (Å²) < 4.78 is 87.4. The van der Waals surface area contributed by atoms with Crippen molar-refractivity contribution in [2.45, 2.75) is 24.9 Å². The van der Waals surface area contributed by atoms with E-state index in [0.717, 1.165) is 35.6 Å². The highest BCUT2D eigenvalue weighted by Crippen LogP contribution is 2.44. The highest BCUT2D eigenvalue weighted by Gasteiger charge is 2.72. The Bertz CT molecular complexity index is 839. The van der Waals surface area contributed by atoms with Crippen LogP contribution in [0.1, 0.15) is 17.3 Å². The first-order valence-corrected chi connectivity index (χ1v) is 8.50. The minimum atomic E-state index is -5.94. The van der Waals surface area contributed by atoms with E-state index in [1.807, 2.05) is 0 Å². The van der Waals surface area contributed by atoms with Gasteiger partial charge in [0.1, 0.15) is 5.75 Å². The maximum Gasteiger partial charge on any atom is 0.439 e. The zero-order chi connectivity index (χ0) is 21.9. The number of carbonyl (C=O) groups excluding carboxylic acids is 1. The van der Waals surface area contributed by atoms with Crippen LogP contribution < -0.4 is 15.4 Å². The molecular formula is C18H15ClF6N2O2. The summed E-state index contributed by atoms with van der Waals surface area (Å²) in [5.41, 5.74) is -5.79. The molecule has 0 fully saturated rings. The third-order valence-corrected chi connectivity index (χ3v) is 4.01. The molecule has 0 unspecified atom stereocenters. The first kappa shape index (κ1) is 22.7. The largest absolute Gasteiger partial charge is 0.493 e. The van der Waals surface area contributed by atoms with E-state index in [-0.39, 0.29) is 17.4 Å². The SMILES string of the molecule is CCOc1ccccc1C(=O)NC(Nc1ccc(Cl)cc1)(C(F)(F)F)C(F)(F)F. The summed E-state index contributed by atoms with van der Waals surface area (Å²) in [5.74, 6) is -1.78. The molecule has 0 aliphatic carbocycles. The Morgan fingerprint density at radius 2 is 1.52 bits per heavy atom. The van der Waals surface area contributed by atoms with Gasteiger partial charge in [-0.1, -0.05) is 23.7 Å². The molecule has 0 saturated carbocycles. The minimum absolute atomic E-state index is 0.0526. The van der Waals surface area contributed by atoms with Gasteiger partial charge in [0, 0.05) is 10.7 Å². The Labute approximate surface area is 166 Å². The smallest absolute Gasteiger partial charge is 0.439 e. The van der Waals surface area contributed by atoms with Crippen LogP contribution in [0.5, 0.6) is 5.75 Å². The monoisotopic (exact) mass is 440 g/mol. The van der Waals surface area contributed by atoms with Gasteiger partial charge in [0.15, 0.2) is 0 Å². The molecule has 1 amide bonds. The lowest BCUT2D eigenvalue weighted by molar-refractivity contribution is -0.294. The molecule has 0 aliphatic heterocycles. The number of hydrogen-bond acceptors (Lipinski definition) is 3. The zero-order valence-electron chi connectivity index (χ0n) is 14.8. The van der Waals surface area contributed by atoms with Crippen molar-refractivity contribution in [1.82, 2.24) is 5.32 Å². The highest BCUT2D eigenvalue weighted by molar-refractivity contribution is 6.30. The van der Waals surface area contributed by atoms with E-state index in [1.165, 1.54) is 23.5 Å². The molecular weight excluding hydrogens is 426 g/mol. The van der Waals surface area contributed by atoms with Crippen molar-refractivity contribution in [2.75, 3.05) is 11.9 Å². The zero-order valence-corrected chi connectivity index (χ0v) is 15.5. The lowest BCUT2D eigenvalue weighted by Gasteiger charge is -2.39. The highest BCUT2D eigenvalue weighted by atomic mass is 35.5. The summed E-state index contributed by atoms with van der Waals surface area (Å²) in [7, 11) is 0. The van der Waals surface area contributed by atoms with Crippen LogP contribution in [-0.4, -0.2) is 30.5 Å². The predicted octanol–water partition coefficient (Wildman–Crippen LogP) is 5.40. The number of anilines is 1. The molecule has 4 nitrogen and oxygen atoms in total.